The van der Waals surface area contributed by atoms with Gasteiger partial charge < -0.3 is 14.5 Å². The first-order chi connectivity index (χ1) is 17.5. The summed E-state index contributed by atoms with van der Waals surface area (Å²) in [5.74, 6) is 0.899. The summed E-state index contributed by atoms with van der Waals surface area (Å²) in [4.78, 5) is 18.9. The molecule has 4 aromatic rings. The molecule has 5 rings (SSSR count). The van der Waals surface area contributed by atoms with Crippen LogP contribution in [0.3, 0.4) is 0 Å². The summed E-state index contributed by atoms with van der Waals surface area (Å²) in [6.07, 6.45) is 2.89. The third-order valence-electron chi connectivity index (χ3n) is 6.65. The van der Waals surface area contributed by atoms with Crippen LogP contribution in [0.15, 0.2) is 51.8 Å². The highest BCUT2D eigenvalue weighted by molar-refractivity contribution is 7.89. The summed E-state index contributed by atoms with van der Waals surface area (Å²) in [5.41, 5.74) is 1.87. The molecule has 0 saturated heterocycles. The van der Waals surface area contributed by atoms with Crippen molar-refractivity contribution in [2.75, 3.05) is 0 Å². The maximum Gasteiger partial charge on any atom is 0.335 e. The zero-order valence-electron chi connectivity index (χ0n) is 20.9. The van der Waals surface area contributed by atoms with E-state index in [9.17, 15) is 13.2 Å². The molecule has 37 heavy (non-hydrogen) atoms. The van der Waals surface area contributed by atoms with Crippen molar-refractivity contribution in [3.05, 3.63) is 59.8 Å². The maximum absolute atomic E-state index is 13.1. The molecule has 0 radical (unpaired) electrons. The lowest BCUT2D eigenvalue weighted by Gasteiger charge is -2.27. The van der Waals surface area contributed by atoms with E-state index in [1.54, 1.807) is 30.3 Å². The Hall–Kier alpha value is -3.57. The number of carbonyl (C=O) groups is 1. The number of aromatic nitrogens is 4. The largest absolute Gasteiger partial charge is 0.478 e. The minimum Gasteiger partial charge on any atom is -0.478 e. The van der Waals surface area contributed by atoms with E-state index in [0.29, 0.717) is 47.0 Å². The van der Waals surface area contributed by atoms with Gasteiger partial charge in [-0.2, -0.15) is 0 Å². The SMILES string of the molecule is CC(C)(C)c1nnc([C@H]2CC[C@H](NS(=O)(=O)c3ccc4[nH]c(-c5ccc(C(=O)O)cc5)nc4c3)CC2)o1. The van der Waals surface area contributed by atoms with Gasteiger partial charge in [0, 0.05) is 22.9 Å². The molecule has 0 atom stereocenters. The molecule has 1 aliphatic carbocycles. The van der Waals surface area contributed by atoms with Crippen LogP contribution in [0, 0.1) is 0 Å². The highest BCUT2D eigenvalue weighted by Gasteiger charge is 2.31. The second-order valence-corrected chi connectivity index (χ2v) is 12.2. The predicted molar refractivity (Wildman–Crippen MR) is 137 cm³/mol. The smallest absolute Gasteiger partial charge is 0.335 e. The number of nitrogens with zero attached hydrogens (tertiary/aromatic N) is 3. The number of H-pyrrole nitrogens is 1. The zero-order valence-corrected chi connectivity index (χ0v) is 21.7. The Morgan fingerprint density at radius 1 is 1.05 bits per heavy atom. The molecule has 2 heterocycles. The van der Waals surface area contributed by atoms with Crippen LogP contribution >= 0.6 is 0 Å². The highest BCUT2D eigenvalue weighted by Crippen LogP contribution is 2.34. The number of fused-ring (bicyclic) bond motifs is 1. The third kappa shape index (κ3) is 5.28. The first-order valence-corrected chi connectivity index (χ1v) is 13.7. The van der Waals surface area contributed by atoms with Crippen LogP contribution in [0.25, 0.3) is 22.4 Å². The number of aromatic carboxylic acids is 1. The number of sulfonamides is 1. The summed E-state index contributed by atoms with van der Waals surface area (Å²) < 4.78 is 35.0. The van der Waals surface area contributed by atoms with Gasteiger partial charge in [-0.05, 0) is 56.0 Å². The van der Waals surface area contributed by atoms with Crippen LogP contribution in [0.2, 0.25) is 0 Å². The summed E-state index contributed by atoms with van der Waals surface area (Å²) in [6.45, 7) is 6.07. The Morgan fingerprint density at radius 2 is 1.76 bits per heavy atom. The van der Waals surface area contributed by atoms with Crippen molar-refractivity contribution < 1.29 is 22.7 Å². The first-order valence-electron chi connectivity index (χ1n) is 12.2. The van der Waals surface area contributed by atoms with Crippen LogP contribution in [0.5, 0.6) is 0 Å². The molecule has 0 aliphatic heterocycles. The number of carboxylic acids is 1. The number of carboxylic acid groups (broad SMARTS) is 1. The molecule has 0 amide bonds. The van der Waals surface area contributed by atoms with Gasteiger partial charge in [0.05, 0.1) is 21.5 Å². The number of hydrogen-bond acceptors (Lipinski definition) is 7. The number of aromatic amines is 1. The molecular weight excluding hydrogens is 494 g/mol. The number of imidazole rings is 1. The number of nitrogens with one attached hydrogen (secondary N) is 2. The van der Waals surface area contributed by atoms with Gasteiger partial charge in [-0.25, -0.2) is 22.9 Å². The van der Waals surface area contributed by atoms with E-state index in [1.807, 2.05) is 20.8 Å². The van der Waals surface area contributed by atoms with Crippen molar-refractivity contribution in [2.45, 2.75) is 68.7 Å². The van der Waals surface area contributed by atoms with Crippen molar-refractivity contribution in [2.24, 2.45) is 0 Å². The van der Waals surface area contributed by atoms with Gasteiger partial charge in [-0.15, -0.1) is 10.2 Å². The summed E-state index contributed by atoms with van der Waals surface area (Å²) in [5, 5.41) is 17.5. The van der Waals surface area contributed by atoms with Gasteiger partial charge in [0.1, 0.15) is 5.82 Å². The van der Waals surface area contributed by atoms with E-state index in [0.717, 1.165) is 12.8 Å². The second-order valence-electron chi connectivity index (χ2n) is 10.5. The summed E-state index contributed by atoms with van der Waals surface area (Å²) in [7, 11) is -3.74. The minimum atomic E-state index is -3.74. The molecule has 2 aromatic heterocycles. The molecule has 0 unspecified atom stereocenters. The molecule has 1 saturated carbocycles. The molecular formula is C26H29N5O5S. The standard InChI is InChI=1S/C26H29N5O5S/c1-26(2,3)25-30-29-23(36-25)16-8-10-18(11-9-16)31-37(34,35)19-12-13-20-21(14-19)28-22(27-20)15-4-6-17(7-5-15)24(32)33/h4-7,12-14,16,18,31H,8-11H2,1-3H3,(H,27,28)(H,32,33)/t16-,18-. The van der Waals surface area contributed by atoms with E-state index in [4.69, 9.17) is 9.52 Å². The zero-order chi connectivity index (χ0) is 26.4. The first kappa shape index (κ1) is 25.1. The molecule has 194 valence electrons. The van der Waals surface area contributed by atoms with Crippen LogP contribution < -0.4 is 4.72 Å². The predicted octanol–water partition coefficient (Wildman–Crippen LogP) is 4.61. The topological polar surface area (TPSA) is 151 Å². The number of rotatable bonds is 6. The quantitative estimate of drug-likeness (QED) is 0.331. The second kappa shape index (κ2) is 9.38. The van der Waals surface area contributed by atoms with E-state index >= 15 is 0 Å². The molecule has 11 heteroatoms. The normalized spacial score (nSPS) is 18.8. The van der Waals surface area contributed by atoms with Gasteiger partial charge >= 0.3 is 5.97 Å². The molecule has 10 nitrogen and oxygen atoms in total. The fourth-order valence-electron chi connectivity index (χ4n) is 4.51. The van der Waals surface area contributed by atoms with Crippen LogP contribution in [0.1, 0.15) is 74.5 Å². The van der Waals surface area contributed by atoms with E-state index in [2.05, 4.69) is 24.9 Å². The molecule has 1 fully saturated rings. The minimum absolute atomic E-state index is 0.132. The monoisotopic (exact) mass is 523 g/mol. The van der Waals surface area contributed by atoms with Crippen molar-refractivity contribution >= 4 is 27.0 Å². The lowest BCUT2D eigenvalue weighted by Crippen LogP contribution is -2.37. The summed E-state index contributed by atoms with van der Waals surface area (Å²) in [6, 6.07) is 10.9. The average molecular weight is 524 g/mol. The lowest BCUT2D eigenvalue weighted by atomic mass is 9.86. The van der Waals surface area contributed by atoms with Crippen molar-refractivity contribution in [1.82, 2.24) is 24.9 Å². The fourth-order valence-corrected chi connectivity index (χ4v) is 5.83. The number of hydrogen-bond donors (Lipinski definition) is 3. The van der Waals surface area contributed by atoms with Gasteiger partial charge in [-0.3, -0.25) is 0 Å². The van der Waals surface area contributed by atoms with Crippen LogP contribution in [-0.4, -0.2) is 45.7 Å². The highest BCUT2D eigenvalue weighted by atomic mass is 32.2. The molecule has 0 spiro atoms. The van der Waals surface area contributed by atoms with Crippen molar-refractivity contribution in [3.8, 4) is 11.4 Å². The average Bonchev–Trinajstić information content (AvgIpc) is 3.52. The van der Waals surface area contributed by atoms with Gasteiger partial charge in [0.25, 0.3) is 0 Å². The lowest BCUT2D eigenvalue weighted by molar-refractivity contribution is 0.0697. The van der Waals surface area contributed by atoms with Crippen molar-refractivity contribution in [3.63, 3.8) is 0 Å². The molecule has 3 N–H and O–H groups in total. The third-order valence-corrected chi connectivity index (χ3v) is 8.17. The Balaban J connectivity index is 1.26. The Labute approximate surface area is 214 Å². The fraction of sp³-hybridized carbons (Fsp3) is 0.385. The van der Waals surface area contributed by atoms with Gasteiger partial charge in [0.2, 0.25) is 21.8 Å². The van der Waals surface area contributed by atoms with E-state index in [1.165, 1.54) is 12.1 Å². The van der Waals surface area contributed by atoms with Gasteiger partial charge in [0.15, 0.2) is 0 Å². The summed E-state index contributed by atoms with van der Waals surface area (Å²) >= 11 is 0. The Kier molecular flexibility index (Phi) is 6.36. The van der Waals surface area contributed by atoms with Crippen LogP contribution in [0.4, 0.5) is 0 Å². The molecule has 2 aromatic carbocycles. The number of benzene rings is 2. The Bertz CT molecular complexity index is 1540. The Morgan fingerprint density at radius 3 is 2.38 bits per heavy atom. The van der Waals surface area contributed by atoms with Crippen LogP contribution in [-0.2, 0) is 15.4 Å². The van der Waals surface area contributed by atoms with Crippen molar-refractivity contribution in [1.29, 1.82) is 0 Å². The van der Waals surface area contributed by atoms with E-state index in [-0.39, 0.29) is 27.8 Å². The maximum atomic E-state index is 13.1. The molecule has 1 aliphatic rings. The van der Waals surface area contributed by atoms with Gasteiger partial charge in [-0.1, -0.05) is 32.9 Å². The van der Waals surface area contributed by atoms with E-state index < -0.39 is 16.0 Å². The molecule has 0 bridgehead atoms.